The molecule has 332 valence electrons. The third kappa shape index (κ3) is 18.8. The Labute approximate surface area is 367 Å². The number of hydrogen-bond acceptors (Lipinski definition) is 7. The Morgan fingerprint density at radius 3 is 1.07 bits per heavy atom. The molecule has 0 saturated carbocycles. The van der Waals surface area contributed by atoms with Gasteiger partial charge < -0.3 is 23.7 Å². The quantitative estimate of drug-likeness (QED) is 0.0275. The van der Waals surface area contributed by atoms with Crippen LogP contribution in [0.4, 0.5) is 0 Å². The van der Waals surface area contributed by atoms with Crippen LogP contribution in [0.1, 0.15) is 188 Å². The van der Waals surface area contributed by atoms with Crippen LogP contribution >= 0.6 is 0 Å². The van der Waals surface area contributed by atoms with Crippen LogP contribution in [0, 0.1) is 0 Å². The molecule has 0 fully saturated rings. The Morgan fingerprint density at radius 1 is 0.377 bits per heavy atom. The fourth-order valence-corrected chi connectivity index (χ4v) is 7.24. The van der Waals surface area contributed by atoms with Crippen LogP contribution in [0.5, 0.6) is 34.5 Å². The highest BCUT2D eigenvalue weighted by Gasteiger charge is 2.16. The van der Waals surface area contributed by atoms with Crippen LogP contribution in [0.15, 0.2) is 84.9 Å². The summed E-state index contributed by atoms with van der Waals surface area (Å²) < 4.78 is 30.1. The molecule has 0 aliphatic rings. The number of carbonyl (C=O) groups excluding carboxylic acids is 2. The van der Waals surface area contributed by atoms with Crippen molar-refractivity contribution in [3.63, 3.8) is 0 Å². The van der Waals surface area contributed by atoms with Crippen molar-refractivity contribution in [2.45, 2.75) is 169 Å². The number of carbonyl (C=O) groups is 2. The number of ether oxygens (including phenoxy) is 5. The second kappa shape index (κ2) is 29.5. The Balaban J connectivity index is 1.31. The first-order valence-electron chi connectivity index (χ1n) is 23.8. The minimum atomic E-state index is -0.421. The minimum absolute atomic E-state index is 0.421. The molecule has 0 saturated heterocycles. The fourth-order valence-electron chi connectivity index (χ4n) is 7.24. The van der Waals surface area contributed by atoms with Crippen molar-refractivity contribution >= 4 is 11.9 Å². The Bertz CT molecular complexity index is 1680. The lowest BCUT2D eigenvalue weighted by molar-refractivity contribution is 0.0725. The van der Waals surface area contributed by atoms with E-state index in [9.17, 15) is 9.59 Å². The van der Waals surface area contributed by atoms with E-state index in [1.807, 2.05) is 48.5 Å². The van der Waals surface area contributed by atoms with Crippen LogP contribution in [0.25, 0.3) is 0 Å². The zero-order valence-corrected chi connectivity index (χ0v) is 37.9. The van der Waals surface area contributed by atoms with Gasteiger partial charge in [0.15, 0.2) is 0 Å². The summed E-state index contributed by atoms with van der Waals surface area (Å²) in [4.78, 5) is 26.3. The van der Waals surface area contributed by atoms with Gasteiger partial charge in [0.1, 0.15) is 34.5 Å². The lowest BCUT2D eigenvalue weighted by Gasteiger charge is -2.17. The SMILES string of the molecule is CCCCCCCCCCOc1ccc(C(=O)Oc2ccc(Oc3ccc(OC(=O)c4ccc(OCCCCCCCCCC)cc4)cc3CCCC)c(CCCC)c2)cc1. The number of benzene rings is 4. The monoisotopic (exact) mass is 835 g/mol. The lowest BCUT2D eigenvalue weighted by Crippen LogP contribution is -2.09. The predicted molar refractivity (Wildman–Crippen MR) is 249 cm³/mol. The van der Waals surface area contributed by atoms with Gasteiger partial charge in [-0.15, -0.1) is 0 Å². The molecule has 0 heterocycles. The van der Waals surface area contributed by atoms with Crippen LogP contribution in [-0.2, 0) is 12.8 Å². The zero-order chi connectivity index (χ0) is 43.3. The number of esters is 2. The van der Waals surface area contributed by atoms with Crippen molar-refractivity contribution in [1.29, 1.82) is 0 Å². The Kier molecular flexibility index (Phi) is 23.6. The van der Waals surface area contributed by atoms with E-state index in [-0.39, 0.29) is 0 Å². The molecule has 0 aliphatic carbocycles. The van der Waals surface area contributed by atoms with Gasteiger partial charge in [-0.05, 0) is 135 Å². The molecule has 0 spiro atoms. The fraction of sp³-hybridized carbons (Fsp3) is 0.519. The maximum Gasteiger partial charge on any atom is 0.343 e. The van der Waals surface area contributed by atoms with E-state index in [4.69, 9.17) is 23.7 Å². The normalized spacial score (nSPS) is 11.0. The van der Waals surface area contributed by atoms with Crippen molar-refractivity contribution in [3.05, 3.63) is 107 Å². The van der Waals surface area contributed by atoms with E-state index >= 15 is 0 Å². The summed E-state index contributed by atoms with van der Waals surface area (Å²) in [7, 11) is 0. The highest BCUT2D eigenvalue weighted by Crippen LogP contribution is 2.35. The maximum absolute atomic E-state index is 13.2. The number of hydrogen-bond donors (Lipinski definition) is 0. The third-order valence-corrected chi connectivity index (χ3v) is 11.0. The summed E-state index contributed by atoms with van der Waals surface area (Å²) in [6, 6.07) is 25.4. The number of rotatable bonds is 32. The van der Waals surface area contributed by atoms with Gasteiger partial charge in [0.2, 0.25) is 0 Å². The summed E-state index contributed by atoms with van der Waals surface area (Å²) in [5.74, 6) is 3.02. The number of unbranched alkanes of at least 4 members (excludes halogenated alkanes) is 16. The molecule has 0 unspecified atom stereocenters. The average molecular weight is 835 g/mol. The Morgan fingerprint density at radius 2 is 0.705 bits per heavy atom. The van der Waals surface area contributed by atoms with E-state index < -0.39 is 11.9 Å². The van der Waals surface area contributed by atoms with Gasteiger partial charge in [0.05, 0.1) is 24.3 Å². The minimum Gasteiger partial charge on any atom is -0.494 e. The van der Waals surface area contributed by atoms with Gasteiger partial charge in [0, 0.05) is 0 Å². The van der Waals surface area contributed by atoms with Gasteiger partial charge in [-0.3, -0.25) is 0 Å². The molecule has 7 nitrogen and oxygen atoms in total. The summed E-state index contributed by atoms with van der Waals surface area (Å²) in [6.45, 7) is 10.1. The Hall–Kier alpha value is -4.78. The van der Waals surface area contributed by atoms with Gasteiger partial charge in [0.25, 0.3) is 0 Å². The van der Waals surface area contributed by atoms with Gasteiger partial charge in [-0.25, -0.2) is 9.59 Å². The molecule has 0 aromatic heterocycles. The summed E-state index contributed by atoms with van der Waals surface area (Å²) in [6.07, 6.45) is 25.6. The smallest absolute Gasteiger partial charge is 0.343 e. The van der Waals surface area contributed by atoms with E-state index in [1.54, 1.807) is 36.4 Å². The average Bonchev–Trinajstić information content (AvgIpc) is 3.28. The highest BCUT2D eigenvalue weighted by atomic mass is 16.5. The van der Waals surface area contributed by atoms with Crippen molar-refractivity contribution in [3.8, 4) is 34.5 Å². The van der Waals surface area contributed by atoms with Crippen molar-refractivity contribution in [2.24, 2.45) is 0 Å². The van der Waals surface area contributed by atoms with E-state index in [0.29, 0.717) is 47.3 Å². The molecule has 4 aromatic carbocycles. The second-order valence-corrected chi connectivity index (χ2v) is 16.3. The van der Waals surface area contributed by atoms with Crippen LogP contribution < -0.4 is 23.7 Å². The summed E-state index contributed by atoms with van der Waals surface area (Å²) in [5.41, 5.74) is 2.84. The molecule has 0 bridgehead atoms. The largest absolute Gasteiger partial charge is 0.494 e. The first-order chi connectivity index (χ1) is 29.9. The predicted octanol–water partition coefficient (Wildman–Crippen LogP) is 15.6. The first-order valence-corrected chi connectivity index (χ1v) is 23.8. The van der Waals surface area contributed by atoms with Gasteiger partial charge in [-0.1, -0.05) is 130 Å². The molecule has 4 aromatic rings. The van der Waals surface area contributed by atoms with Crippen molar-refractivity contribution in [2.75, 3.05) is 13.2 Å². The molecule has 61 heavy (non-hydrogen) atoms. The van der Waals surface area contributed by atoms with E-state index in [0.717, 1.165) is 74.0 Å². The molecule has 4 rings (SSSR count). The second-order valence-electron chi connectivity index (χ2n) is 16.3. The van der Waals surface area contributed by atoms with Crippen molar-refractivity contribution in [1.82, 2.24) is 0 Å². The van der Waals surface area contributed by atoms with Crippen LogP contribution in [-0.4, -0.2) is 25.2 Å². The summed E-state index contributed by atoms with van der Waals surface area (Å²) in [5, 5.41) is 0. The lowest BCUT2D eigenvalue weighted by atomic mass is 10.1. The molecule has 0 radical (unpaired) electrons. The maximum atomic E-state index is 13.2. The first kappa shape index (κ1) is 48.9. The summed E-state index contributed by atoms with van der Waals surface area (Å²) >= 11 is 0. The molecular formula is C54H74O7. The number of aryl methyl sites for hydroxylation is 2. The van der Waals surface area contributed by atoms with E-state index in [2.05, 4.69) is 27.7 Å². The topological polar surface area (TPSA) is 80.3 Å². The highest BCUT2D eigenvalue weighted by molar-refractivity contribution is 5.91. The third-order valence-electron chi connectivity index (χ3n) is 11.0. The molecule has 0 N–H and O–H groups in total. The van der Waals surface area contributed by atoms with Gasteiger partial charge >= 0.3 is 11.9 Å². The van der Waals surface area contributed by atoms with Crippen molar-refractivity contribution < 1.29 is 33.3 Å². The van der Waals surface area contributed by atoms with Crippen LogP contribution in [0.3, 0.4) is 0 Å². The molecule has 0 atom stereocenters. The van der Waals surface area contributed by atoms with Crippen LogP contribution in [0.2, 0.25) is 0 Å². The molecular weight excluding hydrogens is 761 g/mol. The van der Waals surface area contributed by atoms with E-state index in [1.165, 1.54) is 89.9 Å². The van der Waals surface area contributed by atoms with Gasteiger partial charge in [-0.2, -0.15) is 0 Å². The molecule has 0 amide bonds. The molecule has 7 heteroatoms. The molecule has 0 aliphatic heterocycles. The standard InChI is InChI=1S/C54H74O7/c1-5-9-13-15-17-19-21-23-39-57-47-31-27-43(28-32-47)53(55)59-49-35-37-51(45(41-49)25-11-7-3)61-52-38-36-50(42-46(52)26-12-8-4)60-54(56)44-29-33-48(34-30-44)58-40-24-22-20-18-16-14-10-6-2/h27-38,41-42H,5-26,39-40H2,1-4H3. The zero-order valence-electron chi connectivity index (χ0n) is 37.9.